The predicted molar refractivity (Wildman–Crippen MR) is 101 cm³/mol. The van der Waals surface area contributed by atoms with Gasteiger partial charge in [0, 0.05) is 35.9 Å². The third kappa shape index (κ3) is 4.35. The molecule has 1 saturated carbocycles. The molecule has 0 N–H and O–H groups in total. The number of rotatable bonds is 6. The van der Waals surface area contributed by atoms with Crippen molar-refractivity contribution >= 4 is 24.4 Å². The van der Waals surface area contributed by atoms with E-state index in [0.29, 0.717) is 31.7 Å². The monoisotopic (exact) mass is 377 g/mol. The fourth-order valence-corrected chi connectivity index (χ4v) is 3.68. The van der Waals surface area contributed by atoms with Gasteiger partial charge in [0.15, 0.2) is 5.78 Å². The van der Waals surface area contributed by atoms with Crippen molar-refractivity contribution in [2.45, 2.75) is 37.5 Å². The zero-order valence-electron chi connectivity index (χ0n) is 14.9. The first-order chi connectivity index (χ1) is 12.5. The second-order valence-corrected chi connectivity index (χ2v) is 7.47. The molecule has 2 atom stereocenters. The Hall–Kier alpha value is -1.66. The second kappa shape index (κ2) is 8.35. The summed E-state index contributed by atoms with van der Waals surface area (Å²) in [6.07, 6.45) is 3.90. The fourth-order valence-electron chi connectivity index (χ4n) is 3.41. The standard InChI is InChI=1S/C20H24FNO3S/c1-2-25-18(23)11-14-12-22(10-9-17(14)26)19(20(24)13-7-8-13)15-5-3-4-6-16(15)21/h3-6,11,13,17,19,26H,2,7-10,12H2,1H3/b14-11-. The summed E-state index contributed by atoms with van der Waals surface area (Å²) in [5.41, 5.74) is 1.22. The van der Waals surface area contributed by atoms with Crippen LogP contribution in [0.5, 0.6) is 0 Å². The van der Waals surface area contributed by atoms with E-state index >= 15 is 0 Å². The molecular formula is C20H24FNO3S. The molecule has 1 heterocycles. The molecule has 0 bridgehead atoms. The molecule has 0 amide bonds. The molecule has 4 nitrogen and oxygen atoms in total. The minimum absolute atomic E-state index is 0.0193. The first kappa shape index (κ1) is 19.1. The van der Waals surface area contributed by atoms with Crippen molar-refractivity contribution in [1.82, 2.24) is 4.90 Å². The third-order valence-corrected chi connectivity index (χ3v) is 5.50. The van der Waals surface area contributed by atoms with Crippen LogP contribution in [0.3, 0.4) is 0 Å². The molecule has 140 valence electrons. The first-order valence-corrected chi connectivity index (χ1v) is 9.60. The highest BCUT2D eigenvalue weighted by molar-refractivity contribution is 7.81. The van der Waals surface area contributed by atoms with E-state index in [9.17, 15) is 14.0 Å². The highest BCUT2D eigenvalue weighted by Gasteiger charge is 2.40. The van der Waals surface area contributed by atoms with E-state index in [1.54, 1.807) is 25.1 Å². The average molecular weight is 377 g/mol. The van der Waals surface area contributed by atoms with Crippen LogP contribution >= 0.6 is 12.6 Å². The molecule has 3 rings (SSSR count). The number of hydrogen-bond donors (Lipinski definition) is 1. The molecule has 0 spiro atoms. The molecule has 2 unspecified atom stereocenters. The molecule has 2 fully saturated rings. The van der Waals surface area contributed by atoms with Gasteiger partial charge >= 0.3 is 5.97 Å². The first-order valence-electron chi connectivity index (χ1n) is 9.08. The summed E-state index contributed by atoms with van der Waals surface area (Å²) in [5, 5.41) is -0.0621. The van der Waals surface area contributed by atoms with Crippen molar-refractivity contribution in [3.8, 4) is 0 Å². The summed E-state index contributed by atoms with van der Waals surface area (Å²) in [6.45, 7) is 3.10. The Labute approximate surface area is 158 Å². The Morgan fingerprint density at radius 3 is 2.73 bits per heavy atom. The van der Waals surface area contributed by atoms with Crippen LogP contribution in [0.2, 0.25) is 0 Å². The average Bonchev–Trinajstić information content (AvgIpc) is 3.45. The molecule has 26 heavy (non-hydrogen) atoms. The van der Waals surface area contributed by atoms with Crippen molar-refractivity contribution in [2.24, 2.45) is 5.92 Å². The molecular weight excluding hydrogens is 353 g/mol. The number of thiol groups is 1. The van der Waals surface area contributed by atoms with Crippen molar-refractivity contribution in [2.75, 3.05) is 19.7 Å². The van der Waals surface area contributed by atoms with Gasteiger partial charge in [0.05, 0.1) is 12.6 Å². The molecule has 2 aliphatic rings. The van der Waals surface area contributed by atoms with Crippen LogP contribution in [-0.4, -0.2) is 41.6 Å². The maximum atomic E-state index is 14.4. The molecule has 0 radical (unpaired) electrons. The highest BCUT2D eigenvalue weighted by Crippen LogP contribution is 2.39. The summed E-state index contributed by atoms with van der Waals surface area (Å²) in [6, 6.07) is 5.84. The Morgan fingerprint density at radius 2 is 2.08 bits per heavy atom. The van der Waals surface area contributed by atoms with Gasteiger partial charge in [-0.25, -0.2) is 9.18 Å². The van der Waals surface area contributed by atoms with Crippen LogP contribution in [0.4, 0.5) is 4.39 Å². The lowest BCUT2D eigenvalue weighted by Gasteiger charge is -2.37. The van der Waals surface area contributed by atoms with Crippen molar-refractivity contribution < 1.29 is 18.7 Å². The van der Waals surface area contributed by atoms with E-state index in [4.69, 9.17) is 4.74 Å². The van der Waals surface area contributed by atoms with Crippen LogP contribution in [0.1, 0.15) is 37.8 Å². The Morgan fingerprint density at radius 1 is 1.35 bits per heavy atom. The minimum atomic E-state index is -0.616. The number of nitrogens with zero attached hydrogens (tertiary/aromatic N) is 1. The lowest BCUT2D eigenvalue weighted by atomic mass is 9.93. The largest absolute Gasteiger partial charge is 0.463 e. The van der Waals surface area contributed by atoms with Gasteiger partial charge in [-0.1, -0.05) is 18.2 Å². The number of ketones is 1. The number of carbonyl (C=O) groups is 2. The Bertz CT molecular complexity index is 717. The number of carbonyl (C=O) groups excluding carboxylic acids is 2. The molecule has 1 aromatic carbocycles. The Balaban J connectivity index is 1.88. The fraction of sp³-hybridized carbons (Fsp3) is 0.500. The zero-order valence-corrected chi connectivity index (χ0v) is 15.8. The van der Waals surface area contributed by atoms with Crippen LogP contribution in [-0.2, 0) is 14.3 Å². The number of ether oxygens (including phenoxy) is 1. The minimum Gasteiger partial charge on any atom is -0.463 e. The number of hydrogen-bond acceptors (Lipinski definition) is 5. The van der Waals surface area contributed by atoms with Gasteiger partial charge in [-0.15, -0.1) is 0 Å². The molecule has 1 aliphatic heterocycles. The van der Waals surface area contributed by atoms with E-state index in [2.05, 4.69) is 12.6 Å². The van der Waals surface area contributed by atoms with Gasteiger partial charge in [-0.05, 0) is 37.8 Å². The molecule has 0 aromatic heterocycles. The van der Waals surface area contributed by atoms with E-state index in [1.165, 1.54) is 12.1 Å². The van der Waals surface area contributed by atoms with Gasteiger partial charge < -0.3 is 4.74 Å². The number of halogens is 1. The third-order valence-electron chi connectivity index (χ3n) is 4.91. The lowest BCUT2D eigenvalue weighted by molar-refractivity contribution is -0.137. The smallest absolute Gasteiger partial charge is 0.330 e. The van der Waals surface area contributed by atoms with Gasteiger partial charge in [0.25, 0.3) is 0 Å². The summed E-state index contributed by atoms with van der Waals surface area (Å²) in [5.74, 6) is -0.677. The lowest BCUT2D eigenvalue weighted by Crippen LogP contribution is -2.42. The molecule has 1 aromatic rings. The van der Waals surface area contributed by atoms with Crippen molar-refractivity contribution in [3.63, 3.8) is 0 Å². The summed E-state index contributed by atoms with van der Waals surface area (Å²) < 4.78 is 19.4. The predicted octanol–water partition coefficient (Wildman–Crippen LogP) is 3.34. The molecule has 1 saturated heterocycles. The van der Waals surface area contributed by atoms with Gasteiger partial charge in [-0.3, -0.25) is 9.69 Å². The van der Waals surface area contributed by atoms with E-state index in [1.807, 2.05) is 4.90 Å². The molecule has 6 heteroatoms. The summed E-state index contributed by atoms with van der Waals surface area (Å²) >= 11 is 4.56. The van der Waals surface area contributed by atoms with E-state index < -0.39 is 12.0 Å². The van der Waals surface area contributed by atoms with Gasteiger partial charge in [0.1, 0.15) is 5.82 Å². The van der Waals surface area contributed by atoms with Crippen LogP contribution in [0.15, 0.2) is 35.9 Å². The Kier molecular flexibility index (Phi) is 6.14. The number of esters is 1. The second-order valence-electron chi connectivity index (χ2n) is 6.85. The number of likely N-dealkylation sites (tertiary alicyclic amines) is 1. The van der Waals surface area contributed by atoms with Crippen LogP contribution in [0.25, 0.3) is 0 Å². The van der Waals surface area contributed by atoms with Crippen molar-refractivity contribution in [1.29, 1.82) is 0 Å². The molecule has 1 aliphatic carbocycles. The van der Waals surface area contributed by atoms with E-state index in [-0.39, 0.29) is 22.8 Å². The highest BCUT2D eigenvalue weighted by atomic mass is 32.1. The van der Waals surface area contributed by atoms with E-state index in [0.717, 1.165) is 18.4 Å². The number of Topliss-reactive ketones (excluding diaryl/α,β-unsaturated/α-hetero) is 1. The topological polar surface area (TPSA) is 46.6 Å². The number of benzene rings is 1. The van der Waals surface area contributed by atoms with Crippen molar-refractivity contribution in [3.05, 3.63) is 47.3 Å². The van der Waals surface area contributed by atoms with Crippen LogP contribution < -0.4 is 0 Å². The summed E-state index contributed by atoms with van der Waals surface area (Å²) in [7, 11) is 0. The maximum Gasteiger partial charge on any atom is 0.330 e. The van der Waals surface area contributed by atoms with Crippen LogP contribution in [0, 0.1) is 11.7 Å². The quantitative estimate of drug-likeness (QED) is 0.469. The zero-order chi connectivity index (χ0) is 18.7. The number of piperidine rings is 1. The summed E-state index contributed by atoms with van der Waals surface area (Å²) in [4.78, 5) is 26.7. The SMILES string of the molecule is CCOC(=O)/C=C1/CN(C(C(=O)C2CC2)c2ccccc2F)CCC1S. The van der Waals surface area contributed by atoms with Gasteiger partial charge in [-0.2, -0.15) is 12.6 Å². The maximum absolute atomic E-state index is 14.4. The normalized spacial score (nSPS) is 23.7. The van der Waals surface area contributed by atoms with Gasteiger partial charge in [0.2, 0.25) is 0 Å².